The first kappa shape index (κ1) is 13.9. The number of β-amino-alcohol motifs (C(OH)–C–C–N with tert-alkyl or cyclic N) is 1. The van der Waals surface area contributed by atoms with Crippen molar-refractivity contribution in [3.8, 4) is 0 Å². The first-order valence-electron chi connectivity index (χ1n) is 6.39. The van der Waals surface area contributed by atoms with Crippen molar-refractivity contribution in [2.75, 3.05) is 19.7 Å². The maximum absolute atomic E-state index is 10.7. The zero-order chi connectivity index (χ0) is 13.8. The van der Waals surface area contributed by atoms with Gasteiger partial charge in [0.1, 0.15) is 0 Å². The minimum absolute atomic E-state index is 0.0170. The second kappa shape index (κ2) is 6.10. The summed E-state index contributed by atoms with van der Waals surface area (Å²) in [7, 11) is 0. The van der Waals surface area contributed by atoms with Gasteiger partial charge >= 0.3 is 0 Å². The van der Waals surface area contributed by atoms with Crippen molar-refractivity contribution in [2.45, 2.75) is 25.0 Å². The molecule has 104 valence electrons. The third-order valence-electron chi connectivity index (χ3n) is 3.58. The SMILES string of the molecule is O=[N+]([O-])c1cccc(C(O)CN2CCCC2CO)c1. The first-order chi connectivity index (χ1) is 9.11. The van der Waals surface area contributed by atoms with E-state index < -0.39 is 11.0 Å². The largest absolute Gasteiger partial charge is 0.395 e. The quantitative estimate of drug-likeness (QED) is 0.615. The van der Waals surface area contributed by atoms with Crippen LogP contribution in [0.3, 0.4) is 0 Å². The van der Waals surface area contributed by atoms with Crippen LogP contribution in [0.2, 0.25) is 0 Å². The van der Waals surface area contributed by atoms with E-state index >= 15 is 0 Å². The monoisotopic (exact) mass is 266 g/mol. The molecule has 1 aromatic carbocycles. The molecule has 2 unspecified atom stereocenters. The van der Waals surface area contributed by atoms with Crippen LogP contribution in [0.5, 0.6) is 0 Å². The molecule has 0 bridgehead atoms. The smallest absolute Gasteiger partial charge is 0.269 e. The van der Waals surface area contributed by atoms with Gasteiger partial charge in [-0.3, -0.25) is 15.0 Å². The Kier molecular flexibility index (Phi) is 4.47. The minimum atomic E-state index is -0.771. The number of nitro groups is 1. The van der Waals surface area contributed by atoms with Crippen molar-refractivity contribution in [2.24, 2.45) is 0 Å². The Balaban J connectivity index is 2.05. The number of hydrogen-bond acceptors (Lipinski definition) is 5. The Labute approximate surface area is 111 Å². The fourth-order valence-corrected chi connectivity index (χ4v) is 2.52. The highest BCUT2D eigenvalue weighted by Gasteiger charge is 2.26. The van der Waals surface area contributed by atoms with E-state index in [1.165, 1.54) is 12.1 Å². The Morgan fingerprint density at radius 2 is 2.32 bits per heavy atom. The lowest BCUT2D eigenvalue weighted by atomic mass is 10.1. The van der Waals surface area contributed by atoms with E-state index in [1.807, 2.05) is 4.90 Å². The maximum atomic E-state index is 10.7. The van der Waals surface area contributed by atoms with Gasteiger partial charge in [0, 0.05) is 24.7 Å². The van der Waals surface area contributed by atoms with Crippen LogP contribution >= 0.6 is 0 Å². The van der Waals surface area contributed by atoms with Gasteiger partial charge in [-0.2, -0.15) is 0 Å². The third-order valence-corrected chi connectivity index (χ3v) is 3.58. The summed E-state index contributed by atoms with van der Waals surface area (Å²) < 4.78 is 0. The Morgan fingerprint density at radius 3 is 3.00 bits per heavy atom. The molecule has 1 aromatic rings. The van der Waals surface area contributed by atoms with Gasteiger partial charge in [-0.1, -0.05) is 12.1 Å². The first-order valence-corrected chi connectivity index (χ1v) is 6.39. The van der Waals surface area contributed by atoms with Crippen molar-refractivity contribution in [1.82, 2.24) is 4.90 Å². The second-order valence-corrected chi connectivity index (χ2v) is 4.84. The van der Waals surface area contributed by atoms with Gasteiger partial charge in [-0.15, -0.1) is 0 Å². The summed E-state index contributed by atoms with van der Waals surface area (Å²) in [5, 5.41) is 30.1. The summed E-state index contributed by atoms with van der Waals surface area (Å²) in [6.45, 7) is 1.32. The van der Waals surface area contributed by atoms with Gasteiger partial charge in [0.25, 0.3) is 5.69 Å². The van der Waals surface area contributed by atoms with Crippen LogP contribution in [0.1, 0.15) is 24.5 Å². The molecule has 2 rings (SSSR count). The molecule has 6 heteroatoms. The van der Waals surface area contributed by atoms with Gasteiger partial charge in [0.15, 0.2) is 0 Å². The third kappa shape index (κ3) is 3.28. The number of aliphatic hydroxyl groups excluding tert-OH is 2. The number of nitro benzene ring substituents is 1. The Morgan fingerprint density at radius 1 is 1.53 bits per heavy atom. The maximum Gasteiger partial charge on any atom is 0.269 e. The van der Waals surface area contributed by atoms with Crippen LogP contribution in [-0.2, 0) is 0 Å². The lowest BCUT2D eigenvalue weighted by Gasteiger charge is -2.25. The van der Waals surface area contributed by atoms with Crippen LogP contribution in [0, 0.1) is 10.1 Å². The highest BCUT2D eigenvalue weighted by Crippen LogP contribution is 2.23. The molecule has 1 fully saturated rings. The molecule has 0 amide bonds. The topological polar surface area (TPSA) is 86.8 Å². The van der Waals surface area contributed by atoms with Gasteiger partial charge in [0.2, 0.25) is 0 Å². The van der Waals surface area contributed by atoms with E-state index in [9.17, 15) is 20.3 Å². The van der Waals surface area contributed by atoms with E-state index in [2.05, 4.69) is 0 Å². The van der Waals surface area contributed by atoms with Crippen molar-refractivity contribution >= 4 is 5.69 Å². The van der Waals surface area contributed by atoms with Crippen molar-refractivity contribution in [1.29, 1.82) is 0 Å². The van der Waals surface area contributed by atoms with E-state index in [0.29, 0.717) is 12.1 Å². The molecule has 0 radical (unpaired) electrons. The Bertz CT molecular complexity index is 452. The molecule has 0 saturated carbocycles. The van der Waals surface area contributed by atoms with Crippen molar-refractivity contribution in [3.63, 3.8) is 0 Å². The lowest BCUT2D eigenvalue weighted by molar-refractivity contribution is -0.385. The molecule has 0 spiro atoms. The number of likely N-dealkylation sites (tertiary alicyclic amines) is 1. The predicted octanol–water partition coefficient (Wildman–Crippen LogP) is 1.08. The normalized spacial score (nSPS) is 21.5. The number of nitrogens with zero attached hydrogens (tertiary/aromatic N) is 2. The molecule has 0 aliphatic carbocycles. The Hall–Kier alpha value is -1.50. The molecular formula is C13H18N2O4. The summed E-state index contributed by atoms with van der Waals surface area (Å²) in [5.74, 6) is 0. The fourth-order valence-electron chi connectivity index (χ4n) is 2.52. The molecular weight excluding hydrogens is 248 g/mol. The highest BCUT2D eigenvalue weighted by molar-refractivity contribution is 5.35. The average molecular weight is 266 g/mol. The summed E-state index contributed by atoms with van der Waals surface area (Å²) in [6, 6.07) is 6.15. The highest BCUT2D eigenvalue weighted by atomic mass is 16.6. The molecule has 1 heterocycles. The number of rotatable bonds is 5. The standard InChI is InChI=1S/C13H18N2O4/c16-9-12-5-2-6-14(12)8-13(17)10-3-1-4-11(7-10)15(18)19/h1,3-4,7,12-13,16-17H,2,5-6,8-9H2. The van der Waals surface area contributed by atoms with E-state index in [0.717, 1.165) is 19.4 Å². The zero-order valence-electron chi connectivity index (χ0n) is 10.6. The van der Waals surface area contributed by atoms with Gasteiger partial charge in [-0.05, 0) is 24.9 Å². The van der Waals surface area contributed by atoms with Crippen LogP contribution in [0.25, 0.3) is 0 Å². The molecule has 2 atom stereocenters. The van der Waals surface area contributed by atoms with E-state index in [4.69, 9.17) is 0 Å². The predicted molar refractivity (Wildman–Crippen MR) is 69.7 cm³/mol. The number of non-ortho nitro benzene ring substituents is 1. The molecule has 6 nitrogen and oxygen atoms in total. The summed E-state index contributed by atoms with van der Waals surface area (Å²) in [5.41, 5.74) is 0.523. The average Bonchev–Trinajstić information content (AvgIpc) is 2.86. The lowest BCUT2D eigenvalue weighted by Crippen LogP contribution is -2.35. The summed E-state index contributed by atoms with van der Waals surface area (Å²) >= 11 is 0. The zero-order valence-corrected chi connectivity index (χ0v) is 10.6. The second-order valence-electron chi connectivity index (χ2n) is 4.84. The number of benzene rings is 1. The molecule has 1 aliphatic rings. The molecule has 1 saturated heterocycles. The molecule has 2 N–H and O–H groups in total. The van der Waals surface area contributed by atoms with E-state index in [-0.39, 0.29) is 18.3 Å². The van der Waals surface area contributed by atoms with E-state index in [1.54, 1.807) is 12.1 Å². The summed E-state index contributed by atoms with van der Waals surface area (Å²) in [6.07, 6.45) is 1.16. The summed E-state index contributed by atoms with van der Waals surface area (Å²) in [4.78, 5) is 12.3. The fraction of sp³-hybridized carbons (Fsp3) is 0.538. The van der Waals surface area contributed by atoms with Crippen molar-refractivity contribution < 1.29 is 15.1 Å². The number of aliphatic hydroxyl groups is 2. The molecule has 19 heavy (non-hydrogen) atoms. The van der Waals surface area contributed by atoms with Gasteiger partial charge in [0.05, 0.1) is 17.6 Å². The number of hydrogen-bond donors (Lipinski definition) is 2. The molecule has 1 aliphatic heterocycles. The van der Waals surface area contributed by atoms with Crippen LogP contribution in [0.4, 0.5) is 5.69 Å². The molecule has 0 aromatic heterocycles. The van der Waals surface area contributed by atoms with Gasteiger partial charge < -0.3 is 10.2 Å². The minimum Gasteiger partial charge on any atom is -0.395 e. The van der Waals surface area contributed by atoms with Crippen LogP contribution < -0.4 is 0 Å². The van der Waals surface area contributed by atoms with Crippen molar-refractivity contribution in [3.05, 3.63) is 39.9 Å². The van der Waals surface area contributed by atoms with Crippen LogP contribution in [-0.4, -0.2) is 45.8 Å². The van der Waals surface area contributed by atoms with Crippen LogP contribution in [0.15, 0.2) is 24.3 Å². The van der Waals surface area contributed by atoms with Gasteiger partial charge in [-0.25, -0.2) is 0 Å².